The van der Waals surface area contributed by atoms with Crippen LogP contribution in [0.5, 0.6) is 0 Å². The molecule has 1 N–H and O–H groups in total. The van der Waals surface area contributed by atoms with E-state index in [0.717, 1.165) is 10.9 Å². The minimum atomic E-state index is -0.895. The van der Waals surface area contributed by atoms with E-state index in [-0.39, 0.29) is 12.8 Å². The van der Waals surface area contributed by atoms with Gasteiger partial charge in [0.1, 0.15) is 5.69 Å². The minimum absolute atomic E-state index is 0.0349. The van der Waals surface area contributed by atoms with Crippen LogP contribution < -0.4 is 0 Å². The van der Waals surface area contributed by atoms with Crippen molar-refractivity contribution in [2.75, 3.05) is 0 Å². The lowest BCUT2D eigenvalue weighted by atomic mass is 10.2. The van der Waals surface area contributed by atoms with E-state index in [9.17, 15) is 4.79 Å². The second-order valence-electron chi connectivity index (χ2n) is 4.28. The van der Waals surface area contributed by atoms with E-state index in [1.807, 2.05) is 30.3 Å². The molecule has 0 fully saturated rings. The number of rotatable bonds is 4. The SMILES string of the molecule is O=C(O)CCc1nnc(-c2ccc3ccccc3n2)o1. The fourth-order valence-corrected chi connectivity index (χ4v) is 1.86. The van der Waals surface area contributed by atoms with Crippen LogP contribution in [0.3, 0.4) is 0 Å². The molecule has 0 unspecified atom stereocenters. The first-order valence-electron chi connectivity index (χ1n) is 6.13. The molecule has 2 heterocycles. The van der Waals surface area contributed by atoms with Crippen molar-refractivity contribution in [1.82, 2.24) is 15.2 Å². The number of carboxylic acid groups (broad SMARTS) is 1. The monoisotopic (exact) mass is 269 g/mol. The van der Waals surface area contributed by atoms with Crippen molar-refractivity contribution in [1.29, 1.82) is 0 Å². The fraction of sp³-hybridized carbons (Fsp3) is 0.143. The zero-order chi connectivity index (χ0) is 13.9. The number of aromatic nitrogens is 3. The molecule has 1 aromatic carbocycles. The van der Waals surface area contributed by atoms with Gasteiger partial charge in [0.05, 0.1) is 11.9 Å². The molecular weight excluding hydrogens is 258 g/mol. The normalized spacial score (nSPS) is 10.8. The van der Waals surface area contributed by atoms with Crippen LogP contribution in [0.2, 0.25) is 0 Å². The Bertz CT molecular complexity index is 767. The Labute approximate surface area is 114 Å². The number of aliphatic carboxylic acids is 1. The Morgan fingerprint density at radius 2 is 2.00 bits per heavy atom. The first kappa shape index (κ1) is 12.3. The van der Waals surface area contributed by atoms with Gasteiger partial charge in [-0.2, -0.15) is 0 Å². The first-order valence-corrected chi connectivity index (χ1v) is 6.13. The molecule has 0 aliphatic rings. The molecule has 0 bridgehead atoms. The Morgan fingerprint density at radius 3 is 2.85 bits per heavy atom. The van der Waals surface area contributed by atoms with Crippen molar-refractivity contribution in [3.63, 3.8) is 0 Å². The number of hydrogen-bond acceptors (Lipinski definition) is 5. The molecule has 0 spiro atoms. The number of para-hydroxylation sites is 1. The van der Waals surface area contributed by atoms with Crippen molar-refractivity contribution >= 4 is 16.9 Å². The van der Waals surface area contributed by atoms with Crippen molar-refractivity contribution < 1.29 is 14.3 Å². The van der Waals surface area contributed by atoms with Gasteiger partial charge in [-0.15, -0.1) is 10.2 Å². The highest BCUT2D eigenvalue weighted by molar-refractivity contribution is 5.80. The molecule has 0 atom stereocenters. The van der Waals surface area contributed by atoms with Crippen LogP contribution >= 0.6 is 0 Å². The number of carboxylic acids is 1. The summed E-state index contributed by atoms with van der Waals surface area (Å²) in [6, 6.07) is 11.5. The molecule has 20 heavy (non-hydrogen) atoms. The van der Waals surface area contributed by atoms with Crippen LogP contribution in [0.15, 0.2) is 40.8 Å². The molecule has 2 aromatic heterocycles. The van der Waals surface area contributed by atoms with Crippen molar-refractivity contribution in [2.24, 2.45) is 0 Å². The Kier molecular flexibility index (Phi) is 3.12. The lowest BCUT2D eigenvalue weighted by Gasteiger charge is -1.98. The maximum absolute atomic E-state index is 10.5. The zero-order valence-corrected chi connectivity index (χ0v) is 10.5. The number of aryl methyl sites for hydroxylation is 1. The minimum Gasteiger partial charge on any atom is -0.481 e. The third-order valence-corrected chi connectivity index (χ3v) is 2.84. The molecule has 0 aliphatic heterocycles. The summed E-state index contributed by atoms with van der Waals surface area (Å²) in [5.74, 6) is -0.290. The van der Waals surface area contributed by atoms with Gasteiger partial charge in [0.15, 0.2) is 0 Å². The quantitative estimate of drug-likeness (QED) is 0.781. The Hall–Kier alpha value is -2.76. The lowest BCUT2D eigenvalue weighted by Crippen LogP contribution is -1.97. The van der Waals surface area contributed by atoms with Crippen LogP contribution in [0, 0.1) is 0 Å². The van der Waals surface area contributed by atoms with Crippen LogP contribution in [0.1, 0.15) is 12.3 Å². The van der Waals surface area contributed by atoms with Crippen LogP contribution in [-0.2, 0) is 11.2 Å². The summed E-state index contributed by atoms with van der Waals surface area (Å²) in [6.45, 7) is 0. The van der Waals surface area contributed by atoms with Gasteiger partial charge in [-0.25, -0.2) is 4.98 Å². The molecule has 3 rings (SSSR count). The van der Waals surface area contributed by atoms with E-state index in [1.165, 1.54) is 0 Å². The zero-order valence-electron chi connectivity index (χ0n) is 10.5. The number of nitrogens with zero attached hydrogens (tertiary/aromatic N) is 3. The van der Waals surface area contributed by atoms with Crippen LogP contribution in [0.4, 0.5) is 0 Å². The maximum atomic E-state index is 10.5. The molecule has 0 radical (unpaired) electrons. The van der Waals surface area contributed by atoms with Gasteiger partial charge in [-0.1, -0.05) is 24.3 Å². The second kappa shape index (κ2) is 5.08. The van der Waals surface area contributed by atoms with E-state index in [1.54, 1.807) is 6.07 Å². The van der Waals surface area contributed by atoms with Crippen LogP contribution in [-0.4, -0.2) is 26.3 Å². The Morgan fingerprint density at radius 1 is 1.15 bits per heavy atom. The van der Waals surface area contributed by atoms with Crippen molar-refractivity contribution in [3.05, 3.63) is 42.3 Å². The Balaban J connectivity index is 1.89. The highest BCUT2D eigenvalue weighted by Crippen LogP contribution is 2.20. The van der Waals surface area contributed by atoms with Gasteiger partial charge < -0.3 is 9.52 Å². The summed E-state index contributed by atoms with van der Waals surface area (Å²) >= 11 is 0. The highest BCUT2D eigenvalue weighted by atomic mass is 16.4. The highest BCUT2D eigenvalue weighted by Gasteiger charge is 2.11. The summed E-state index contributed by atoms with van der Waals surface area (Å²) in [7, 11) is 0. The van der Waals surface area contributed by atoms with Gasteiger partial charge in [-0.3, -0.25) is 4.79 Å². The van der Waals surface area contributed by atoms with Crippen molar-refractivity contribution in [2.45, 2.75) is 12.8 Å². The van der Waals surface area contributed by atoms with E-state index in [2.05, 4.69) is 15.2 Å². The molecule has 6 heteroatoms. The number of hydrogen-bond donors (Lipinski definition) is 1. The molecule has 0 aliphatic carbocycles. The predicted molar refractivity (Wildman–Crippen MR) is 71.0 cm³/mol. The molecule has 100 valence electrons. The summed E-state index contributed by atoms with van der Waals surface area (Å²) in [5, 5.41) is 17.4. The van der Waals surface area contributed by atoms with Gasteiger partial charge in [0.2, 0.25) is 5.89 Å². The standard InChI is InChI=1S/C14H11N3O3/c18-13(19)8-7-12-16-17-14(20-12)11-6-5-9-3-1-2-4-10(9)15-11/h1-6H,7-8H2,(H,18,19). The molecular formula is C14H11N3O3. The summed E-state index contributed by atoms with van der Waals surface area (Å²) in [4.78, 5) is 14.9. The van der Waals surface area contributed by atoms with E-state index in [4.69, 9.17) is 9.52 Å². The molecule has 0 amide bonds. The van der Waals surface area contributed by atoms with E-state index < -0.39 is 5.97 Å². The third kappa shape index (κ3) is 2.49. The molecule has 6 nitrogen and oxygen atoms in total. The number of benzene rings is 1. The van der Waals surface area contributed by atoms with Gasteiger partial charge in [0.25, 0.3) is 5.89 Å². The fourth-order valence-electron chi connectivity index (χ4n) is 1.86. The largest absolute Gasteiger partial charge is 0.481 e. The number of pyridine rings is 1. The summed E-state index contributed by atoms with van der Waals surface area (Å²) in [6.07, 6.45) is 0.183. The van der Waals surface area contributed by atoms with E-state index in [0.29, 0.717) is 17.5 Å². The lowest BCUT2D eigenvalue weighted by molar-refractivity contribution is -0.137. The maximum Gasteiger partial charge on any atom is 0.303 e. The number of fused-ring (bicyclic) bond motifs is 1. The van der Waals surface area contributed by atoms with E-state index >= 15 is 0 Å². The van der Waals surface area contributed by atoms with Gasteiger partial charge >= 0.3 is 5.97 Å². The smallest absolute Gasteiger partial charge is 0.303 e. The van der Waals surface area contributed by atoms with Crippen LogP contribution in [0.25, 0.3) is 22.5 Å². The summed E-state index contributed by atoms with van der Waals surface area (Å²) < 4.78 is 5.42. The average Bonchev–Trinajstić information content (AvgIpc) is 2.93. The second-order valence-corrected chi connectivity index (χ2v) is 4.28. The first-order chi connectivity index (χ1) is 9.72. The van der Waals surface area contributed by atoms with Crippen molar-refractivity contribution in [3.8, 4) is 11.6 Å². The summed E-state index contributed by atoms with van der Waals surface area (Å²) in [5.41, 5.74) is 1.42. The topological polar surface area (TPSA) is 89.1 Å². The third-order valence-electron chi connectivity index (χ3n) is 2.84. The average molecular weight is 269 g/mol. The number of carbonyl (C=O) groups is 1. The predicted octanol–water partition coefficient (Wildman–Crippen LogP) is 2.30. The molecule has 0 saturated carbocycles. The molecule has 0 saturated heterocycles. The van der Waals surface area contributed by atoms with Gasteiger partial charge in [0, 0.05) is 11.8 Å². The van der Waals surface area contributed by atoms with Gasteiger partial charge in [-0.05, 0) is 12.1 Å². The molecule has 3 aromatic rings.